The molecule has 3 aliphatic heterocycles. The third kappa shape index (κ3) is 2.67. The van der Waals surface area contributed by atoms with E-state index in [4.69, 9.17) is 11.6 Å². The smallest absolute Gasteiger partial charge is 0.195 e. The molecule has 0 aromatic rings. The summed E-state index contributed by atoms with van der Waals surface area (Å²) in [6.45, 7) is 1.39. The van der Waals surface area contributed by atoms with E-state index in [-0.39, 0.29) is 17.5 Å². The number of nitrogens with zero attached hydrogens (tertiary/aromatic N) is 2. The predicted octanol–water partition coefficient (Wildman–Crippen LogP) is 2.34. The van der Waals surface area contributed by atoms with Crippen LogP contribution in [0.2, 0.25) is 0 Å². The van der Waals surface area contributed by atoms with Gasteiger partial charge in [-0.15, -0.1) is 11.6 Å². The highest BCUT2D eigenvalue weighted by Crippen LogP contribution is 2.40. The van der Waals surface area contributed by atoms with Gasteiger partial charge in [0.15, 0.2) is 0 Å². The Hall–Kier alpha value is 0.160. The van der Waals surface area contributed by atoms with Crippen molar-refractivity contribution < 1.29 is 8.42 Å². The number of hydrogen-bond donors (Lipinski definition) is 0. The van der Waals surface area contributed by atoms with Gasteiger partial charge in [0.1, 0.15) is 0 Å². The first-order chi connectivity index (χ1) is 9.09. The van der Waals surface area contributed by atoms with Gasteiger partial charge in [0.25, 0.3) is 10.2 Å². The van der Waals surface area contributed by atoms with Gasteiger partial charge in [-0.05, 0) is 38.5 Å². The molecule has 0 aromatic heterocycles. The Morgan fingerprint density at radius 1 is 0.895 bits per heavy atom. The van der Waals surface area contributed by atoms with Gasteiger partial charge in [-0.1, -0.05) is 12.8 Å². The van der Waals surface area contributed by atoms with Crippen molar-refractivity contribution >= 4 is 21.8 Å². The standard InChI is InChI=1S/C13H23ClN2O2S/c14-11-9-12-5-6-13(10-11)16(12)19(17,18)15-7-3-1-2-4-8-15/h11-13H,1-10H2. The van der Waals surface area contributed by atoms with Crippen LogP contribution in [0, 0.1) is 0 Å². The van der Waals surface area contributed by atoms with Crippen molar-refractivity contribution in [3.8, 4) is 0 Å². The molecule has 2 atom stereocenters. The second-order valence-corrected chi connectivity index (χ2v) is 8.56. The molecule has 0 aromatic carbocycles. The van der Waals surface area contributed by atoms with Crippen molar-refractivity contribution in [3.05, 3.63) is 0 Å². The molecular weight excluding hydrogens is 284 g/mol. The van der Waals surface area contributed by atoms with Gasteiger partial charge in [0.05, 0.1) is 0 Å². The Morgan fingerprint density at radius 3 is 1.95 bits per heavy atom. The summed E-state index contributed by atoms with van der Waals surface area (Å²) in [4.78, 5) is 0. The quantitative estimate of drug-likeness (QED) is 0.735. The average molecular weight is 307 g/mol. The van der Waals surface area contributed by atoms with E-state index in [2.05, 4.69) is 0 Å². The third-order valence-electron chi connectivity index (χ3n) is 4.77. The van der Waals surface area contributed by atoms with Crippen LogP contribution in [0.3, 0.4) is 0 Å². The zero-order chi connectivity index (χ0) is 13.5. The van der Waals surface area contributed by atoms with Crippen LogP contribution >= 0.6 is 11.6 Å². The van der Waals surface area contributed by atoms with Crippen LogP contribution < -0.4 is 0 Å². The molecule has 0 radical (unpaired) electrons. The first-order valence-electron chi connectivity index (χ1n) is 7.52. The van der Waals surface area contributed by atoms with Crippen LogP contribution in [0.4, 0.5) is 0 Å². The van der Waals surface area contributed by atoms with Crippen molar-refractivity contribution in [2.24, 2.45) is 0 Å². The number of rotatable bonds is 2. The van der Waals surface area contributed by atoms with Gasteiger partial charge in [-0.2, -0.15) is 17.0 Å². The monoisotopic (exact) mass is 306 g/mol. The van der Waals surface area contributed by atoms with Crippen molar-refractivity contribution in [2.75, 3.05) is 13.1 Å². The lowest BCUT2D eigenvalue weighted by Gasteiger charge is -2.38. The molecular formula is C13H23ClN2O2S. The minimum atomic E-state index is -3.26. The molecule has 0 saturated carbocycles. The fraction of sp³-hybridized carbons (Fsp3) is 1.00. The van der Waals surface area contributed by atoms with Gasteiger partial charge in [0.2, 0.25) is 0 Å². The van der Waals surface area contributed by atoms with E-state index in [1.54, 1.807) is 8.61 Å². The van der Waals surface area contributed by atoms with Crippen LogP contribution in [0.5, 0.6) is 0 Å². The molecule has 6 heteroatoms. The Kier molecular flexibility index (Phi) is 4.09. The lowest BCUT2D eigenvalue weighted by atomic mass is 10.1. The van der Waals surface area contributed by atoms with E-state index in [0.29, 0.717) is 13.1 Å². The highest BCUT2D eigenvalue weighted by atomic mass is 35.5. The summed E-state index contributed by atoms with van der Waals surface area (Å²) in [5, 5.41) is 0.160. The van der Waals surface area contributed by atoms with Crippen LogP contribution in [0.1, 0.15) is 51.4 Å². The molecule has 3 rings (SSSR count). The maximum Gasteiger partial charge on any atom is 0.282 e. The number of piperidine rings is 1. The molecule has 4 nitrogen and oxygen atoms in total. The molecule has 0 amide bonds. The largest absolute Gasteiger partial charge is 0.282 e. The number of halogens is 1. The normalized spacial score (nSPS) is 38.3. The zero-order valence-electron chi connectivity index (χ0n) is 11.3. The fourth-order valence-electron chi connectivity index (χ4n) is 3.85. The minimum Gasteiger partial charge on any atom is -0.195 e. The van der Waals surface area contributed by atoms with Crippen LogP contribution in [-0.4, -0.2) is 47.6 Å². The van der Waals surface area contributed by atoms with E-state index in [9.17, 15) is 8.42 Å². The van der Waals surface area contributed by atoms with Gasteiger partial charge in [-0.3, -0.25) is 0 Å². The van der Waals surface area contributed by atoms with Crippen LogP contribution in [0.15, 0.2) is 0 Å². The molecule has 3 aliphatic rings. The molecule has 0 N–H and O–H groups in total. The van der Waals surface area contributed by atoms with Gasteiger partial charge in [-0.25, -0.2) is 0 Å². The highest BCUT2D eigenvalue weighted by Gasteiger charge is 2.48. The van der Waals surface area contributed by atoms with Gasteiger partial charge < -0.3 is 0 Å². The van der Waals surface area contributed by atoms with E-state index in [1.807, 2.05) is 0 Å². The molecule has 2 unspecified atom stereocenters. The molecule has 0 spiro atoms. The maximum absolute atomic E-state index is 12.9. The lowest BCUT2D eigenvalue weighted by molar-refractivity contribution is 0.229. The SMILES string of the molecule is O=S(=O)(N1CCCCCC1)N1C2CCC1CC(Cl)C2. The second-order valence-electron chi connectivity index (χ2n) is 6.10. The van der Waals surface area contributed by atoms with E-state index in [1.165, 1.54) is 0 Å². The van der Waals surface area contributed by atoms with Crippen molar-refractivity contribution in [1.82, 2.24) is 8.61 Å². The molecule has 3 heterocycles. The molecule has 110 valence electrons. The average Bonchev–Trinajstić information content (AvgIpc) is 2.59. The maximum atomic E-state index is 12.9. The summed E-state index contributed by atoms with van der Waals surface area (Å²) in [6.07, 6.45) is 7.94. The Balaban J connectivity index is 1.80. The predicted molar refractivity (Wildman–Crippen MR) is 76.5 cm³/mol. The summed E-state index contributed by atoms with van der Waals surface area (Å²) >= 11 is 6.24. The van der Waals surface area contributed by atoms with Gasteiger partial charge >= 0.3 is 0 Å². The third-order valence-corrected chi connectivity index (χ3v) is 7.27. The highest BCUT2D eigenvalue weighted by molar-refractivity contribution is 7.86. The molecule has 2 bridgehead atoms. The van der Waals surface area contributed by atoms with Crippen LogP contribution in [0.25, 0.3) is 0 Å². The van der Waals surface area contributed by atoms with E-state index >= 15 is 0 Å². The Bertz CT molecular complexity index is 406. The molecule has 19 heavy (non-hydrogen) atoms. The van der Waals surface area contributed by atoms with Crippen LogP contribution in [-0.2, 0) is 10.2 Å². The molecule has 0 aliphatic carbocycles. The minimum absolute atomic E-state index is 0.148. The van der Waals surface area contributed by atoms with E-state index in [0.717, 1.165) is 51.4 Å². The molecule has 3 saturated heterocycles. The number of alkyl halides is 1. The summed E-state index contributed by atoms with van der Waals surface area (Å²) < 4.78 is 29.3. The molecule has 3 fully saturated rings. The van der Waals surface area contributed by atoms with E-state index < -0.39 is 10.2 Å². The number of hydrogen-bond acceptors (Lipinski definition) is 2. The zero-order valence-corrected chi connectivity index (χ0v) is 12.9. The second kappa shape index (κ2) is 5.51. The van der Waals surface area contributed by atoms with Crippen molar-refractivity contribution in [2.45, 2.75) is 68.8 Å². The summed E-state index contributed by atoms with van der Waals surface area (Å²) in [5.74, 6) is 0. The van der Waals surface area contributed by atoms with Gasteiger partial charge in [0, 0.05) is 30.6 Å². The Morgan fingerprint density at radius 2 is 1.42 bits per heavy atom. The fourth-order valence-corrected chi connectivity index (χ4v) is 6.38. The first kappa shape index (κ1) is 14.1. The summed E-state index contributed by atoms with van der Waals surface area (Å²) in [5.41, 5.74) is 0. The lowest BCUT2D eigenvalue weighted by Crippen LogP contribution is -2.52. The van der Waals surface area contributed by atoms with Crippen molar-refractivity contribution in [3.63, 3.8) is 0 Å². The topological polar surface area (TPSA) is 40.6 Å². The Labute approximate surface area is 121 Å². The summed E-state index contributed by atoms with van der Waals surface area (Å²) in [7, 11) is -3.26. The summed E-state index contributed by atoms with van der Waals surface area (Å²) in [6, 6.07) is 0.295. The van der Waals surface area contributed by atoms with Crippen molar-refractivity contribution in [1.29, 1.82) is 0 Å². The first-order valence-corrected chi connectivity index (χ1v) is 9.35. The number of fused-ring (bicyclic) bond motifs is 2.